The largest absolute Gasteiger partial charge is 0.462 e. The molecule has 1 aliphatic heterocycles. The summed E-state index contributed by atoms with van der Waals surface area (Å²) in [6, 6.07) is 10.6. The molecule has 0 bridgehead atoms. The molecule has 0 aliphatic carbocycles. The van der Waals surface area contributed by atoms with Crippen LogP contribution in [0.3, 0.4) is 0 Å². The Morgan fingerprint density at radius 3 is 2.25 bits per heavy atom. The molecule has 1 saturated heterocycles. The molecule has 0 unspecified atom stereocenters. The fourth-order valence-electron chi connectivity index (χ4n) is 2.58. The average Bonchev–Trinajstić information content (AvgIpc) is 3.23. The van der Waals surface area contributed by atoms with E-state index >= 15 is 0 Å². The summed E-state index contributed by atoms with van der Waals surface area (Å²) >= 11 is 3.74. The van der Waals surface area contributed by atoms with E-state index in [0.717, 1.165) is 29.2 Å². The van der Waals surface area contributed by atoms with Gasteiger partial charge in [0.05, 0.1) is 27.2 Å². The molecule has 9 heteroatoms. The number of carbonyl (C=O) groups is 2. The Morgan fingerprint density at radius 2 is 1.68 bits per heavy atom. The number of nitrogens with zero attached hydrogens (tertiary/aromatic N) is 1. The second-order valence-electron chi connectivity index (χ2n) is 5.78. The van der Waals surface area contributed by atoms with Gasteiger partial charge in [-0.15, -0.1) is 23.5 Å². The summed E-state index contributed by atoms with van der Waals surface area (Å²) in [5.41, 5.74) is 0.590. The van der Waals surface area contributed by atoms with Crippen LogP contribution in [0, 0.1) is 10.1 Å². The lowest BCUT2D eigenvalue weighted by atomic mass is 10.1. The van der Waals surface area contributed by atoms with Gasteiger partial charge in [-0.05, 0) is 30.7 Å². The number of nitro groups is 1. The van der Waals surface area contributed by atoms with Crippen molar-refractivity contribution in [2.45, 2.75) is 11.5 Å². The second kappa shape index (κ2) is 9.11. The first-order chi connectivity index (χ1) is 13.5. The van der Waals surface area contributed by atoms with Crippen molar-refractivity contribution in [3.8, 4) is 5.75 Å². The van der Waals surface area contributed by atoms with Crippen molar-refractivity contribution in [3.63, 3.8) is 0 Å². The highest BCUT2D eigenvalue weighted by atomic mass is 32.2. The molecule has 0 atom stereocenters. The SMILES string of the molecule is CCOC(=O)c1cc(C(=O)Oc2ccc(C3SCCS3)cc2)cc([N+](=O)[O-])c1. The number of ether oxygens (including phenoxy) is 2. The van der Waals surface area contributed by atoms with E-state index in [9.17, 15) is 19.7 Å². The lowest BCUT2D eigenvalue weighted by Gasteiger charge is -2.10. The highest BCUT2D eigenvalue weighted by molar-refractivity contribution is 8.19. The maximum atomic E-state index is 12.5. The first-order valence-corrected chi connectivity index (χ1v) is 10.6. The van der Waals surface area contributed by atoms with Gasteiger partial charge in [0, 0.05) is 23.6 Å². The van der Waals surface area contributed by atoms with Gasteiger partial charge < -0.3 is 9.47 Å². The van der Waals surface area contributed by atoms with Gasteiger partial charge in [0.1, 0.15) is 5.75 Å². The quantitative estimate of drug-likeness (QED) is 0.293. The molecule has 0 amide bonds. The van der Waals surface area contributed by atoms with Gasteiger partial charge in [0.2, 0.25) is 0 Å². The van der Waals surface area contributed by atoms with Crippen LogP contribution >= 0.6 is 23.5 Å². The third-order valence-corrected chi connectivity index (χ3v) is 6.96. The number of esters is 2. The van der Waals surface area contributed by atoms with Crippen molar-refractivity contribution in [1.82, 2.24) is 0 Å². The number of hydrogen-bond acceptors (Lipinski definition) is 8. The Hall–Kier alpha value is -2.52. The topological polar surface area (TPSA) is 95.7 Å². The summed E-state index contributed by atoms with van der Waals surface area (Å²) in [5, 5.41) is 11.1. The number of hydrogen-bond donors (Lipinski definition) is 0. The molecule has 0 saturated carbocycles. The fourth-order valence-corrected chi connectivity index (χ4v) is 5.44. The Kier molecular flexibility index (Phi) is 6.58. The molecule has 7 nitrogen and oxygen atoms in total. The lowest BCUT2D eigenvalue weighted by molar-refractivity contribution is -0.384. The van der Waals surface area contributed by atoms with Gasteiger partial charge in [0.25, 0.3) is 5.69 Å². The van der Waals surface area contributed by atoms with E-state index in [4.69, 9.17) is 9.47 Å². The van der Waals surface area contributed by atoms with Gasteiger partial charge in [0.15, 0.2) is 0 Å². The number of rotatable bonds is 6. The summed E-state index contributed by atoms with van der Waals surface area (Å²) in [6.45, 7) is 1.74. The number of non-ortho nitro benzene ring substituents is 1. The summed E-state index contributed by atoms with van der Waals surface area (Å²) in [6.07, 6.45) is 0. The molecule has 2 aromatic carbocycles. The molecule has 1 fully saturated rings. The summed E-state index contributed by atoms with van der Waals surface area (Å²) in [4.78, 5) is 34.8. The van der Waals surface area contributed by atoms with Crippen LogP contribution in [0.5, 0.6) is 5.75 Å². The standard InChI is InChI=1S/C19H17NO6S2/c1-2-25-17(21)13-9-14(11-15(10-13)20(23)24)18(22)26-16-5-3-12(4-6-16)19-27-7-8-28-19/h3-6,9-11,19H,2,7-8H2,1H3. The Morgan fingerprint density at radius 1 is 1.07 bits per heavy atom. The van der Waals surface area contributed by atoms with Crippen molar-refractivity contribution in [1.29, 1.82) is 0 Å². The van der Waals surface area contributed by atoms with E-state index in [1.165, 1.54) is 6.07 Å². The molecule has 1 aliphatic rings. The van der Waals surface area contributed by atoms with E-state index in [1.807, 2.05) is 35.7 Å². The monoisotopic (exact) mass is 419 g/mol. The van der Waals surface area contributed by atoms with E-state index in [1.54, 1.807) is 19.1 Å². The van der Waals surface area contributed by atoms with Gasteiger partial charge >= 0.3 is 11.9 Å². The molecule has 0 spiro atoms. The molecule has 0 N–H and O–H groups in total. The van der Waals surface area contributed by atoms with Crippen molar-refractivity contribution in [2.75, 3.05) is 18.1 Å². The molecule has 2 aromatic rings. The summed E-state index contributed by atoms with van der Waals surface area (Å²) in [5.74, 6) is 1.03. The predicted octanol–water partition coefficient (Wildman–Crippen LogP) is 4.47. The van der Waals surface area contributed by atoms with E-state index in [-0.39, 0.29) is 23.4 Å². The molecule has 1 heterocycles. The van der Waals surface area contributed by atoms with Crippen LogP contribution in [0.1, 0.15) is 37.8 Å². The fraction of sp³-hybridized carbons (Fsp3) is 0.263. The number of benzene rings is 2. The zero-order valence-electron chi connectivity index (χ0n) is 15.0. The van der Waals surface area contributed by atoms with E-state index in [2.05, 4.69) is 0 Å². The first-order valence-electron chi connectivity index (χ1n) is 8.50. The molecule has 0 radical (unpaired) electrons. The predicted molar refractivity (Wildman–Crippen MR) is 108 cm³/mol. The minimum absolute atomic E-state index is 0.0753. The first kappa shape index (κ1) is 20.2. The van der Waals surface area contributed by atoms with Crippen LogP contribution < -0.4 is 4.74 Å². The van der Waals surface area contributed by atoms with Crippen molar-refractivity contribution in [3.05, 3.63) is 69.3 Å². The zero-order valence-corrected chi connectivity index (χ0v) is 16.6. The van der Waals surface area contributed by atoms with Crippen LogP contribution in [0.2, 0.25) is 0 Å². The maximum Gasteiger partial charge on any atom is 0.343 e. The Labute approximate surface area is 169 Å². The third-order valence-electron chi connectivity index (χ3n) is 3.86. The third kappa shape index (κ3) is 4.85. The zero-order chi connectivity index (χ0) is 20.1. The average molecular weight is 419 g/mol. The maximum absolute atomic E-state index is 12.5. The molecule has 28 heavy (non-hydrogen) atoms. The number of thioether (sulfide) groups is 2. The number of carbonyl (C=O) groups excluding carboxylic acids is 2. The summed E-state index contributed by atoms with van der Waals surface area (Å²) in [7, 11) is 0. The normalized spacial score (nSPS) is 13.9. The van der Waals surface area contributed by atoms with Crippen LogP contribution in [0.25, 0.3) is 0 Å². The molecule has 0 aromatic heterocycles. The second-order valence-corrected chi connectivity index (χ2v) is 8.50. The van der Waals surface area contributed by atoms with Crippen LogP contribution in [-0.4, -0.2) is 35.0 Å². The van der Waals surface area contributed by atoms with Crippen molar-refractivity contribution >= 4 is 41.1 Å². The van der Waals surface area contributed by atoms with E-state index in [0.29, 0.717) is 10.3 Å². The molecular weight excluding hydrogens is 402 g/mol. The van der Waals surface area contributed by atoms with Gasteiger partial charge in [-0.25, -0.2) is 9.59 Å². The highest BCUT2D eigenvalue weighted by Gasteiger charge is 2.21. The van der Waals surface area contributed by atoms with E-state index < -0.39 is 16.9 Å². The highest BCUT2D eigenvalue weighted by Crippen LogP contribution is 2.45. The van der Waals surface area contributed by atoms with Gasteiger partial charge in [-0.1, -0.05) is 12.1 Å². The molecule has 3 rings (SSSR count). The van der Waals surface area contributed by atoms with Crippen molar-refractivity contribution in [2.24, 2.45) is 0 Å². The van der Waals surface area contributed by atoms with Gasteiger partial charge in [-0.3, -0.25) is 10.1 Å². The van der Waals surface area contributed by atoms with Crippen LogP contribution in [-0.2, 0) is 4.74 Å². The summed E-state index contributed by atoms with van der Waals surface area (Å²) < 4.78 is 10.6. The van der Waals surface area contributed by atoms with Crippen LogP contribution in [0.4, 0.5) is 5.69 Å². The minimum atomic E-state index is -0.786. The smallest absolute Gasteiger partial charge is 0.343 e. The number of nitro benzene ring substituents is 1. The molecule has 146 valence electrons. The Balaban J connectivity index is 1.79. The minimum Gasteiger partial charge on any atom is -0.462 e. The molecular formula is C19H17NO6S2. The lowest BCUT2D eigenvalue weighted by Crippen LogP contribution is -2.12. The Bertz CT molecular complexity index is 894. The van der Waals surface area contributed by atoms with Gasteiger partial charge in [-0.2, -0.15) is 0 Å². The van der Waals surface area contributed by atoms with Crippen LogP contribution in [0.15, 0.2) is 42.5 Å². The van der Waals surface area contributed by atoms with Crippen molar-refractivity contribution < 1.29 is 24.0 Å².